The zero-order chi connectivity index (χ0) is 16.7. The van der Waals surface area contributed by atoms with Gasteiger partial charge >= 0.3 is 0 Å². The molecule has 0 aliphatic carbocycles. The third kappa shape index (κ3) is 2.39. The molecule has 0 spiro atoms. The largest absolute Gasteiger partial charge is 0.324 e. The fourth-order valence-electron chi connectivity index (χ4n) is 2.86. The quantitative estimate of drug-likeness (QED) is 0.663. The summed E-state index contributed by atoms with van der Waals surface area (Å²) < 4.78 is 0. The molecule has 4 heterocycles. The van der Waals surface area contributed by atoms with E-state index in [0.717, 1.165) is 11.1 Å². The van der Waals surface area contributed by atoms with Crippen LogP contribution in [0.4, 0.5) is 11.4 Å². The molecule has 0 radical (unpaired) electrons. The molecule has 0 unspecified atom stereocenters. The number of nitrogens with zero attached hydrogens (tertiary/aromatic N) is 4. The summed E-state index contributed by atoms with van der Waals surface area (Å²) in [7, 11) is 0. The van der Waals surface area contributed by atoms with Gasteiger partial charge in [0.2, 0.25) is 11.8 Å². The summed E-state index contributed by atoms with van der Waals surface area (Å²) in [5.74, 6) is -0.694. The van der Waals surface area contributed by atoms with Gasteiger partial charge in [-0.05, 0) is 13.0 Å². The minimum atomic E-state index is -0.409. The van der Waals surface area contributed by atoms with Gasteiger partial charge in [0.1, 0.15) is 0 Å². The molecule has 4 rings (SSSR count). The number of hydrogen-bond acceptors (Lipinski definition) is 5. The average Bonchev–Trinajstić information content (AvgIpc) is 3.28. The van der Waals surface area contributed by atoms with Crippen LogP contribution in [0.2, 0.25) is 0 Å². The molecule has 1 fully saturated rings. The van der Waals surface area contributed by atoms with Crippen molar-refractivity contribution in [2.24, 2.45) is 5.92 Å². The molecule has 3 N–H and O–H groups in total. The van der Waals surface area contributed by atoms with Gasteiger partial charge in [0.05, 0.1) is 29.7 Å². The third-order valence-corrected chi connectivity index (χ3v) is 4.16. The van der Waals surface area contributed by atoms with E-state index in [1.54, 1.807) is 23.5 Å². The van der Waals surface area contributed by atoms with Crippen LogP contribution in [-0.4, -0.2) is 43.7 Å². The first-order chi connectivity index (χ1) is 11.6. The lowest BCUT2D eigenvalue weighted by atomic mass is 10.1. The lowest BCUT2D eigenvalue weighted by Gasteiger charge is -2.14. The topological polar surface area (TPSA) is 120 Å². The standard InChI is InChI=1S/C15H15N7O2/c1-8-12-3-10(4-16-14(12)21-20-8)19-15(24)9-2-13(23)22(7-9)11-5-17-18-6-11/h3-6,9H,2,7H2,1H3,(H,17,18)(H,19,24)(H,16,20,21)/t9-/m0/s1. The van der Waals surface area contributed by atoms with E-state index in [2.05, 4.69) is 30.7 Å². The number of aryl methyl sites for hydroxylation is 1. The molecule has 1 atom stereocenters. The summed E-state index contributed by atoms with van der Waals surface area (Å²) in [6, 6.07) is 1.82. The second-order valence-electron chi connectivity index (χ2n) is 5.79. The number of anilines is 2. The summed E-state index contributed by atoms with van der Waals surface area (Å²) in [5.41, 5.74) is 2.75. The van der Waals surface area contributed by atoms with Crippen LogP contribution in [0, 0.1) is 12.8 Å². The summed E-state index contributed by atoms with van der Waals surface area (Å²) in [4.78, 5) is 30.3. The van der Waals surface area contributed by atoms with Crippen LogP contribution < -0.4 is 10.2 Å². The van der Waals surface area contributed by atoms with Crippen LogP contribution in [0.1, 0.15) is 12.1 Å². The Bertz CT molecular complexity index is 915. The molecule has 9 heteroatoms. The zero-order valence-corrected chi connectivity index (χ0v) is 12.9. The van der Waals surface area contributed by atoms with Gasteiger partial charge in [-0.2, -0.15) is 10.2 Å². The highest BCUT2D eigenvalue weighted by Crippen LogP contribution is 2.25. The molecule has 2 amide bonds. The van der Waals surface area contributed by atoms with E-state index in [9.17, 15) is 9.59 Å². The van der Waals surface area contributed by atoms with Gasteiger partial charge in [-0.15, -0.1) is 0 Å². The van der Waals surface area contributed by atoms with Crippen LogP contribution in [-0.2, 0) is 9.59 Å². The molecule has 1 saturated heterocycles. The Labute approximate surface area is 136 Å². The van der Waals surface area contributed by atoms with Gasteiger partial charge in [0.25, 0.3) is 0 Å². The fraction of sp³-hybridized carbons (Fsp3) is 0.267. The summed E-state index contributed by atoms with van der Waals surface area (Å²) in [5, 5.41) is 17.1. The number of nitrogens with one attached hydrogen (secondary N) is 3. The highest BCUT2D eigenvalue weighted by Gasteiger charge is 2.35. The van der Waals surface area contributed by atoms with Crippen LogP contribution in [0.25, 0.3) is 11.0 Å². The van der Waals surface area contributed by atoms with E-state index in [0.29, 0.717) is 23.6 Å². The maximum Gasteiger partial charge on any atom is 0.229 e. The number of amides is 2. The number of rotatable bonds is 3. The van der Waals surface area contributed by atoms with Gasteiger partial charge in [-0.3, -0.25) is 19.8 Å². The number of aromatic nitrogens is 5. The first-order valence-corrected chi connectivity index (χ1v) is 7.52. The van der Waals surface area contributed by atoms with Crippen molar-refractivity contribution in [2.45, 2.75) is 13.3 Å². The third-order valence-electron chi connectivity index (χ3n) is 4.16. The van der Waals surface area contributed by atoms with Crippen LogP contribution in [0.15, 0.2) is 24.7 Å². The summed E-state index contributed by atoms with van der Waals surface area (Å²) in [6.45, 7) is 2.23. The second-order valence-corrected chi connectivity index (χ2v) is 5.79. The van der Waals surface area contributed by atoms with Crippen molar-refractivity contribution in [1.29, 1.82) is 0 Å². The number of carbonyl (C=O) groups is 2. The van der Waals surface area contributed by atoms with Crippen molar-refractivity contribution in [3.05, 3.63) is 30.4 Å². The van der Waals surface area contributed by atoms with Crippen molar-refractivity contribution < 1.29 is 9.59 Å². The first-order valence-electron chi connectivity index (χ1n) is 7.52. The SMILES string of the molecule is Cc1[nH]nc2ncc(NC(=O)[C@H]3CC(=O)N(c4cn[nH]c4)C3)cc12. The number of H-pyrrole nitrogens is 2. The number of pyridine rings is 1. The van der Waals surface area contributed by atoms with Crippen molar-refractivity contribution in [3.63, 3.8) is 0 Å². The van der Waals surface area contributed by atoms with E-state index in [1.807, 2.05) is 13.0 Å². The molecule has 1 aliphatic heterocycles. The van der Waals surface area contributed by atoms with Crippen LogP contribution in [0.3, 0.4) is 0 Å². The van der Waals surface area contributed by atoms with Gasteiger partial charge in [-0.1, -0.05) is 0 Å². The lowest BCUT2D eigenvalue weighted by Crippen LogP contribution is -2.27. The number of aromatic amines is 2. The highest BCUT2D eigenvalue weighted by atomic mass is 16.2. The molecule has 9 nitrogen and oxygen atoms in total. The van der Waals surface area contributed by atoms with E-state index < -0.39 is 5.92 Å². The fourth-order valence-corrected chi connectivity index (χ4v) is 2.86. The van der Waals surface area contributed by atoms with Gasteiger partial charge in [0.15, 0.2) is 5.65 Å². The predicted molar refractivity (Wildman–Crippen MR) is 86.3 cm³/mol. The second kappa shape index (κ2) is 5.44. The number of hydrogen-bond donors (Lipinski definition) is 3. The molecule has 0 bridgehead atoms. The van der Waals surface area contributed by atoms with E-state index >= 15 is 0 Å². The van der Waals surface area contributed by atoms with Gasteiger partial charge in [0, 0.05) is 30.2 Å². The van der Waals surface area contributed by atoms with Crippen molar-refractivity contribution in [1.82, 2.24) is 25.4 Å². The monoisotopic (exact) mass is 325 g/mol. The van der Waals surface area contributed by atoms with Crippen LogP contribution >= 0.6 is 0 Å². The smallest absolute Gasteiger partial charge is 0.229 e. The van der Waals surface area contributed by atoms with Gasteiger partial charge in [-0.25, -0.2) is 4.98 Å². The van der Waals surface area contributed by atoms with Crippen LogP contribution in [0.5, 0.6) is 0 Å². The Hall–Kier alpha value is -3.23. The Balaban J connectivity index is 1.49. The van der Waals surface area contributed by atoms with E-state index in [4.69, 9.17) is 0 Å². The molecule has 3 aromatic rings. The Morgan fingerprint density at radius 3 is 3.08 bits per heavy atom. The molecular formula is C15H15N7O2. The molecule has 0 saturated carbocycles. The minimum absolute atomic E-state index is 0.0872. The maximum atomic E-state index is 12.5. The molecule has 0 aromatic carbocycles. The molecule has 1 aliphatic rings. The Kier molecular flexibility index (Phi) is 3.26. The number of fused-ring (bicyclic) bond motifs is 1. The number of carbonyl (C=O) groups excluding carboxylic acids is 2. The molecule has 3 aromatic heterocycles. The first kappa shape index (κ1) is 14.4. The van der Waals surface area contributed by atoms with Crippen molar-refractivity contribution in [3.8, 4) is 0 Å². The summed E-state index contributed by atoms with van der Waals surface area (Å²) in [6.07, 6.45) is 4.94. The van der Waals surface area contributed by atoms with Crippen molar-refractivity contribution in [2.75, 3.05) is 16.8 Å². The zero-order valence-electron chi connectivity index (χ0n) is 12.9. The summed E-state index contributed by atoms with van der Waals surface area (Å²) >= 11 is 0. The van der Waals surface area contributed by atoms with Crippen molar-refractivity contribution >= 4 is 34.2 Å². The van der Waals surface area contributed by atoms with Gasteiger partial charge < -0.3 is 10.2 Å². The maximum absolute atomic E-state index is 12.5. The molecule has 122 valence electrons. The molecular weight excluding hydrogens is 310 g/mol. The highest BCUT2D eigenvalue weighted by molar-refractivity contribution is 6.03. The minimum Gasteiger partial charge on any atom is -0.324 e. The Morgan fingerprint density at radius 1 is 1.42 bits per heavy atom. The van der Waals surface area contributed by atoms with E-state index in [1.165, 1.54) is 0 Å². The normalized spacial score (nSPS) is 17.6. The Morgan fingerprint density at radius 2 is 2.29 bits per heavy atom. The average molecular weight is 325 g/mol. The molecule has 24 heavy (non-hydrogen) atoms. The predicted octanol–water partition coefficient (Wildman–Crippen LogP) is 0.981. The van der Waals surface area contributed by atoms with E-state index in [-0.39, 0.29) is 18.2 Å². The lowest BCUT2D eigenvalue weighted by molar-refractivity contribution is -0.122.